The lowest BCUT2D eigenvalue weighted by Gasteiger charge is -2.06. The normalized spacial score (nSPS) is 10.4. The summed E-state index contributed by atoms with van der Waals surface area (Å²) in [6.07, 6.45) is 1.04. The fourth-order valence-electron chi connectivity index (χ4n) is 2.08. The highest BCUT2D eigenvalue weighted by Crippen LogP contribution is 2.15. The number of carbonyl (C=O) groups excluding carboxylic acids is 1. The van der Waals surface area contributed by atoms with Crippen LogP contribution in [0.1, 0.15) is 27.9 Å². The second-order valence-electron chi connectivity index (χ2n) is 4.63. The summed E-state index contributed by atoms with van der Waals surface area (Å²) in [5.74, 6) is -0.287. The lowest BCUT2D eigenvalue weighted by atomic mass is 9.99. The summed E-state index contributed by atoms with van der Waals surface area (Å²) in [6.45, 7) is 1.75. The first-order valence-corrected chi connectivity index (χ1v) is 6.20. The van der Waals surface area contributed by atoms with Gasteiger partial charge in [-0.2, -0.15) is 0 Å². The van der Waals surface area contributed by atoms with Crippen LogP contribution in [0, 0.1) is 12.7 Å². The van der Waals surface area contributed by atoms with E-state index in [1.165, 1.54) is 12.1 Å². The first kappa shape index (κ1) is 13.3. The second-order valence-corrected chi connectivity index (χ2v) is 4.63. The second kappa shape index (κ2) is 5.65. The maximum atomic E-state index is 13.0. The highest BCUT2D eigenvalue weighted by atomic mass is 19.1. The number of halogens is 1. The Bertz CT molecular complexity index is 607. The summed E-state index contributed by atoms with van der Waals surface area (Å²) in [6, 6.07) is 11.8. The van der Waals surface area contributed by atoms with Gasteiger partial charge in [0.15, 0.2) is 5.78 Å². The minimum Gasteiger partial charge on any atom is -0.399 e. The molecule has 0 spiro atoms. The van der Waals surface area contributed by atoms with Crippen molar-refractivity contribution >= 4 is 11.5 Å². The number of Topliss-reactive ketones (excluding diaryl/α,β-unsaturated/α-hetero) is 1. The number of hydrogen-bond donors (Lipinski definition) is 1. The Morgan fingerprint density at radius 2 is 2.00 bits per heavy atom. The van der Waals surface area contributed by atoms with Gasteiger partial charge in [0.1, 0.15) is 5.82 Å². The van der Waals surface area contributed by atoms with Crippen LogP contribution in [0.4, 0.5) is 10.1 Å². The average Bonchev–Trinajstić information content (AvgIpc) is 2.36. The molecule has 0 aliphatic rings. The molecule has 19 heavy (non-hydrogen) atoms. The van der Waals surface area contributed by atoms with Gasteiger partial charge >= 0.3 is 0 Å². The van der Waals surface area contributed by atoms with Crippen molar-refractivity contribution in [3.8, 4) is 0 Å². The minimum atomic E-state index is -0.315. The van der Waals surface area contributed by atoms with Crippen LogP contribution in [-0.4, -0.2) is 5.78 Å². The highest BCUT2D eigenvalue weighted by Gasteiger charge is 2.09. The molecule has 0 atom stereocenters. The number of aryl methyl sites for hydroxylation is 2. The van der Waals surface area contributed by atoms with E-state index in [4.69, 9.17) is 5.73 Å². The molecule has 0 aromatic heterocycles. The molecule has 3 heteroatoms. The van der Waals surface area contributed by atoms with Gasteiger partial charge in [-0.1, -0.05) is 12.1 Å². The van der Waals surface area contributed by atoms with Crippen molar-refractivity contribution in [3.05, 3.63) is 65.0 Å². The molecular weight excluding hydrogens is 241 g/mol. The van der Waals surface area contributed by atoms with Gasteiger partial charge in [0.2, 0.25) is 0 Å². The van der Waals surface area contributed by atoms with E-state index in [0.29, 0.717) is 29.7 Å². The predicted octanol–water partition coefficient (Wildman–Crippen LogP) is 3.53. The van der Waals surface area contributed by atoms with Gasteiger partial charge in [0.05, 0.1) is 0 Å². The molecule has 0 unspecified atom stereocenters. The van der Waals surface area contributed by atoms with Crippen LogP contribution in [0.25, 0.3) is 0 Å². The highest BCUT2D eigenvalue weighted by molar-refractivity contribution is 5.97. The number of hydrogen-bond acceptors (Lipinski definition) is 2. The van der Waals surface area contributed by atoms with Crippen LogP contribution in [-0.2, 0) is 6.42 Å². The standard InChI is InChI=1S/C16H16FNO/c1-11-9-13(17)6-7-15(11)16(19)8-5-12-3-2-4-14(18)10-12/h2-4,6-7,9-10H,5,8,18H2,1H3. The maximum absolute atomic E-state index is 13.0. The lowest BCUT2D eigenvalue weighted by Crippen LogP contribution is -2.04. The van der Waals surface area contributed by atoms with Crippen molar-refractivity contribution in [2.75, 3.05) is 5.73 Å². The molecule has 2 aromatic rings. The summed E-state index contributed by atoms with van der Waals surface area (Å²) in [5, 5.41) is 0. The minimum absolute atomic E-state index is 0.0277. The number of ketones is 1. The van der Waals surface area contributed by atoms with E-state index in [2.05, 4.69) is 0 Å². The van der Waals surface area contributed by atoms with E-state index < -0.39 is 0 Å². The van der Waals surface area contributed by atoms with Crippen molar-refractivity contribution in [3.63, 3.8) is 0 Å². The fourth-order valence-corrected chi connectivity index (χ4v) is 2.08. The van der Waals surface area contributed by atoms with Gasteiger partial charge in [0.25, 0.3) is 0 Å². The first-order chi connectivity index (χ1) is 9.06. The molecule has 0 radical (unpaired) electrons. The molecule has 0 amide bonds. The quantitative estimate of drug-likeness (QED) is 0.672. The van der Waals surface area contributed by atoms with Crippen molar-refractivity contribution in [1.29, 1.82) is 0 Å². The third-order valence-corrected chi connectivity index (χ3v) is 3.08. The zero-order valence-electron chi connectivity index (χ0n) is 10.8. The Hall–Kier alpha value is -2.16. The van der Waals surface area contributed by atoms with Crippen LogP contribution in [0.15, 0.2) is 42.5 Å². The maximum Gasteiger partial charge on any atom is 0.163 e. The number of nitrogen functional groups attached to an aromatic ring is 1. The van der Waals surface area contributed by atoms with Gasteiger partial charge in [-0.25, -0.2) is 4.39 Å². The molecule has 0 saturated carbocycles. The summed E-state index contributed by atoms with van der Waals surface area (Å²) in [7, 11) is 0. The summed E-state index contributed by atoms with van der Waals surface area (Å²) in [5.41, 5.74) is 8.69. The third-order valence-electron chi connectivity index (χ3n) is 3.08. The predicted molar refractivity (Wildman–Crippen MR) is 74.6 cm³/mol. The van der Waals surface area contributed by atoms with Crippen molar-refractivity contribution in [2.45, 2.75) is 19.8 Å². The zero-order valence-corrected chi connectivity index (χ0v) is 10.8. The molecule has 0 saturated heterocycles. The van der Waals surface area contributed by atoms with E-state index in [1.807, 2.05) is 24.3 Å². The molecule has 2 N–H and O–H groups in total. The third kappa shape index (κ3) is 3.41. The Kier molecular flexibility index (Phi) is 3.95. The fraction of sp³-hybridized carbons (Fsp3) is 0.188. The van der Waals surface area contributed by atoms with Crippen LogP contribution in [0.5, 0.6) is 0 Å². The van der Waals surface area contributed by atoms with Gasteiger partial charge in [-0.15, -0.1) is 0 Å². The van der Waals surface area contributed by atoms with Gasteiger partial charge in [-0.05, 0) is 54.8 Å². The Morgan fingerprint density at radius 3 is 2.68 bits per heavy atom. The molecule has 2 aromatic carbocycles. The molecule has 0 aliphatic heterocycles. The number of carbonyl (C=O) groups is 1. The molecule has 2 rings (SSSR count). The molecule has 0 fully saturated rings. The summed E-state index contributed by atoms with van der Waals surface area (Å²) < 4.78 is 13.0. The smallest absolute Gasteiger partial charge is 0.163 e. The Labute approximate surface area is 112 Å². The van der Waals surface area contributed by atoms with E-state index in [0.717, 1.165) is 5.56 Å². The van der Waals surface area contributed by atoms with Gasteiger partial charge in [0, 0.05) is 17.7 Å². The van der Waals surface area contributed by atoms with E-state index in [1.54, 1.807) is 13.0 Å². The van der Waals surface area contributed by atoms with E-state index in [9.17, 15) is 9.18 Å². The summed E-state index contributed by atoms with van der Waals surface area (Å²) in [4.78, 5) is 12.1. The van der Waals surface area contributed by atoms with Crippen molar-refractivity contribution < 1.29 is 9.18 Å². The topological polar surface area (TPSA) is 43.1 Å². The number of benzene rings is 2. The van der Waals surface area contributed by atoms with Gasteiger partial charge in [-0.3, -0.25) is 4.79 Å². The van der Waals surface area contributed by atoms with Crippen molar-refractivity contribution in [1.82, 2.24) is 0 Å². The Morgan fingerprint density at radius 1 is 1.21 bits per heavy atom. The van der Waals surface area contributed by atoms with Crippen LogP contribution in [0.3, 0.4) is 0 Å². The zero-order chi connectivity index (χ0) is 13.8. The summed E-state index contributed by atoms with van der Waals surface area (Å²) >= 11 is 0. The number of anilines is 1. The monoisotopic (exact) mass is 257 g/mol. The number of rotatable bonds is 4. The van der Waals surface area contributed by atoms with Crippen LogP contribution in [0.2, 0.25) is 0 Å². The molecule has 0 bridgehead atoms. The molecule has 0 aliphatic carbocycles. The molecule has 2 nitrogen and oxygen atoms in total. The molecule has 98 valence electrons. The van der Waals surface area contributed by atoms with E-state index >= 15 is 0 Å². The SMILES string of the molecule is Cc1cc(F)ccc1C(=O)CCc1cccc(N)c1. The van der Waals surface area contributed by atoms with Crippen LogP contribution >= 0.6 is 0 Å². The van der Waals surface area contributed by atoms with Crippen molar-refractivity contribution in [2.24, 2.45) is 0 Å². The Balaban J connectivity index is 2.05. The molecule has 0 heterocycles. The molecular formula is C16H16FNO. The van der Waals surface area contributed by atoms with Crippen LogP contribution < -0.4 is 5.73 Å². The van der Waals surface area contributed by atoms with E-state index in [-0.39, 0.29) is 11.6 Å². The first-order valence-electron chi connectivity index (χ1n) is 6.20. The average molecular weight is 257 g/mol. The number of nitrogens with two attached hydrogens (primary N) is 1. The largest absolute Gasteiger partial charge is 0.399 e. The van der Waals surface area contributed by atoms with Gasteiger partial charge < -0.3 is 5.73 Å². The lowest BCUT2D eigenvalue weighted by molar-refractivity contribution is 0.0982.